The number of halogens is 1. The Morgan fingerprint density at radius 2 is 2.20 bits per heavy atom. The van der Waals surface area contributed by atoms with Crippen LogP contribution in [0.1, 0.15) is 48.7 Å². The highest BCUT2D eigenvalue weighted by Gasteiger charge is 2.15. The van der Waals surface area contributed by atoms with Crippen molar-refractivity contribution >= 4 is 27.5 Å². The van der Waals surface area contributed by atoms with Gasteiger partial charge in [-0.3, -0.25) is 9.89 Å². The number of rotatable bonds is 4. The largest absolute Gasteiger partial charge is 0.319 e. The normalized spacial score (nSPS) is 10.8. The van der Waals surface area contributed by atoms with Crippen molar-refractivity contribution in [2.75, 3.05) is 5.32 Å². The van der Waals surface area contributed by atoms with Crippen molar-refractivity contribution in [3.63, 3.8) is 0 Å². The highest BCUT2D eigenvalue weighted by molar-refractivity contribution is 9.10. The van der Waals surface area contributed by atoms with Crippen molar-refractivity contribution in [1.29, 1.82) is 0 Å². The van der Waals surface area contributed by atoms with E-state index in [-0.39, 0.29) is 17.6 Å². The molecule has 2 N–H and O–H groups in total. The molecule has 0 spiro atoms. The van der Waals surface area contributed by atoms with Crippen LogP contribution >= 0.6 is 15.9 Å². The van der Waals surface area contributed by atoms with Crippen molar-refractivity contribution in [2.45, 2.75) is 33.1 Å². The predicted molar refractivity (Wildman–Crippen MR) is 81.9 cm³/mol. The minimum atomic E-state index is -0.301. The van der Waals surface area contributed by atoms with Gasteiger partial charge < -0.3 is 5.32 Å². The van der Waals surface area contributed by atoms with Crippen LogP contribution in [0.2, 0.25) is 0 Å². The Labute approximate surface area is 126 Å². The zero-order valence-electron chi connectivity index (χ0n) is 11.7. The number of aryl methyl sites for hydroxylation is 1. The Hall–Kier alpha value is -1.69. The number of aromatic amines is 1. The minimum absolute atomic E-state index is 0.165. The highest BCUT2D eigenvalue weighted by Crippen LogP contribution is 2.22. The molecule has 0 aliphatic heterocycles. The standard InChI is InChI=1S/C14H17BrN4O/c1-4-9-7-10(15)5-6-11(9)16-14(20)13-17-12(8(2)3)18-19-13/h5-8H,4H2,1-3H3,(H,16,20)(H,17,18,19). The van der Waals surface area contributed by atoms with E-state index in [2.05, 4.69) is 36.4 Å². The Morgan fingerprint density at radius 3 is 2.80 bits per heavy atom. The Bertz CT molecular complexity index is 621. The Balaban J connectivity index is 2.18. The molecule has 2 aromatic rings. The fourth-order valence-electron chi connectivity index (χ4n) is 1.79. The summed E-state index contributed by atoms with van der Waals surface area (Å²) in [4.78, 5) is 16.3. The number of benzene rings is 1. The Kier molecular flexibility index (Phi) is 4.54. The van der Waals surface area contributed by atoms with E-state index in [1.54, 1.807) is 0 Å². The molecule has 0 unspecified atom stereocenters. The molecule has 1 aromatic heterocycles. The summed E-state index contributed by atoms with van der Waals surface area (Å²) in [6.45, 7) is 6.03. The smallest absolute Gasteiger partial charge is 0.295 e. The average molecular weight is 337 g/mol. The van der Waals surface area contributed by atoms with Gasteiger partial charge in [0, 0.05) is 16.1 Å². The summed E-state index contributed by atoms with van der Waals surface area (Å²) in [5.41, 5.74) is 1.85. The fraction of sp³-hybridized carbons (Fsp3) is 0.357. The topological polar surface area (TPSA) is 70.7 Å². The lowest BCUT2D eigenvalue weighted by Crippen LogP contribution is -2.15. The van der Waals surface area contributed by atoms with Crippen molar-refractivity contribution in [2.24, 2.45) is 0 Å². The summed E-state index contributed by atoms with van der Waals surface area (Å²) in [5, 5.41) is 9.58. The second kappa shape index (κ2) is 6.17. The summed E-state index contributed by atoms with van der Waals surface area (Å²) in [6.07, 6.45) is 0.834. The molecule has 20 heavy (non-hydrogen) atoms. The molecular weight excluding hydrogens is 320 g/mol. The first-order valence-corrected chi connectivity index (χ1v) is 7.32. The number of H-pyrrole nitrogens is 1. The van der Waals surface area contributed by atoms with Crippen molar-refractivity contribution in [3.8, 4) is 0 Å². The van der Waals surface area contributed by atoms with Gasteiger partial charge in [-0.25, -0.2) is 4.98 Å². The van der Waals surface area contributed by atoms with Gasteiger partial charge in [-0.1, -0.05) is 36.7 Å². The molecule has 0 saturated heterocycles. The maximum Gasteiger partial charge on any atom is 0.295 e. The van der Waals surface area contributed by atoms with Gasteiger partial charge in [0.15, 0.2) is 0 Å². The van der Waals surface area contributed by atoms with E-state index in [4.69, 9.17) is 0 Å². The van der Waals surface area contributed by atoms with Gasteiger partial charge in [0.25, 0.3) is 5.91 Å². The minimum Gasteiger partial charge on any atom is -0.319 e. The van der Waals surface area contributed by atoms with Crippen LogP contribution in [0.15, 0.2) is 22.7 Å². The molecule has 2 rings (SSSR count). The molecule has 0 fully saturated rings. The lowest BCUT2D eigenvalue weighted by atomic mass is 10.1. The van der Waals surface area contributed by atoms with Crippen molar-refractivity contribution in [3.05, 3.63) is 39.9 Å². The van der Waals surface area contributed by atoms with Crippen molar-refractivity contribution in [1.82, 2.24) is 15.2 Å². The quantitative estimate of drug-likeness (QED) is 0.897. The molecule has 0 atom stereocenters. The number of nitrogens with zero attached hydrogens (tertiary/aromatic N) is 2. The first kappa shape index (κ1) is 14.7. The SMILES string of the molecule is CCc1cc(Br)ccc1NC(=O)c1n[nH]c(C(C)C)n1. The predicted octanol–water partition coefficient (Wildman–Crippen LogP) is 3.51. The zero-order valence-corrected chi connectivity index (χ0v) is 13.3. The molecule has 0 aliphatic carbocycles. The monoisotopic (exact) mass is 336 g/mol. The maximum absolute atomic E-state index is 12.1. The molecular formula is C14H17BrN4O. The fourth-order valence-corrected chi connectivity index (χ4v) is 2.20. The molecule has 6 heteroatoms. The number of aromatic nitrogens is 3. The van der Waals surface area contributed by atoms with Gasteiger partial charge in [0.2, 0.25) is 5.82 Å². The lowest BCUT2D eigenvalue weighted by Gasteiger charge is -2.08. The molecule has 1 amide bonds. The lowest BCUT2D eigenvalue weighted by molar-refractivity contribution is 0.101. The van der Waals surface area contributed by atoms with E-state index < -0.39 is 0 Å². The average Bonchev–Trinajstić information content (AvgIpc) is 2.90. The first-order chi connectivity index (χ1) is 9.51. The Morgan fingerprint density at radius 1 is 1.45 bits per heavy atom. The number of hydrogen-bond acceptors (Lipinski definition) is 3. The van der Waals surface area contributed by atoms with Crippen LogP contribution in [0.4, 0.5) is 5.69 Å². The van der Waals surface area contributed by atoms with Crippen molar-refractivity contribution < 1.29 is 4.79 Å². The molecule has 106 valence electrons. The second-order valence-electron chi connectivity index (χ2n) is 4.81. The van der Waals surface area contributed by atoms with E-state index in [9.17, 15) is 4.79 Å². The van der Waals surface area contributed by atoms with E-state index >= 15 is 0 Å². The number of carbonyl (C=O) groups is 1. The second-order valence-corrected chi connectivity index (χ2v) is 5.72. The van der Waals surface area contributed by atoms with Crippen LogP contribution in [-0.4, -0.2) is 21.1 Å². The number of anilines is 1. The molecule has 5 nitrogen and oxygen atoms in total. The third-order valence-electron chi connectivity index (χ3n) is 2.95. The first-order valence-electron chi connectivity index (χ1n) is 6.53. The number of nitrogens with one attached hydrogen (secondary N) is 2. The van der Waals surface area contributed by atoms with Crippen LogP contribution < -0.4 is 5.32 Å². The highest BCUT2D eigenvalue weighted by atomic mass is 79.9. The summed E-state index contributed by atoms with van der Waals surface area (Å²) >= 11 is 3.43. The van der Waals surface area contributed by atoms with Gasteiger partial charge in [-0.2, -0.15) is 0 Å². The molecule has 0 aliphatic rings. The van der Waals surface area contributed by atoms with Crippen LogP contribution in [-0.2, 0) is 6.42 Å². The number of hydrogen-bond donors (Lipinski definition) is 2. The summed E-state index contributed by atoms with van der Waals surface area (Å²) < 4.78 is 0.993. The third-order valence-corrected chi connectivity index (χ3v) is 3.44. The van der Waals surface area contributed by atoms with Gasteiger partial charge in [-0.15, -0.1) is 5.10 Å². The van der Waals surface area contributed by atoms with E-state index in [0.29, 0.717) is 5.82 Å². The molecule has 0 bridgehead atoms. The molecule has 0 saturated carbocycles. The summed E-state index contributed by atoms with van der Waals surface area (Å²) in [5.74, 6) is 0.786. The van der Waals surface area contributed by atoms with E-state index in [1.807, 2.05) is 39.0 Å². The van der Waals surface area contributed by atoms with Gasteiger partial charge in [-0.05, 0) is 30.2 Å². The van der Waals surface area contributed by atoms with Crippen LogP contribution in [0.5, 0.6) is 0 Å². The molecule has 1 aromatic carbocycles. The van der Waals surface area contributed by atoms with Gasteiger partial charge in [0.05, 0.1) is 0 Å². The van der Waals surface area contributed by atoms with Crippen LogP contribution in [0.25, 0.3) is 0 Å². The van der Waals surface area contributed by atoms with Crippen LogP contribution in [0, 0.1) is 0 Å². The number of amides is 1. The van der Waals surface area contributed by atoms with E-state index in [1.165, 1.54) is 0 Å². The molecule has 0 radical (unpaired) electrons. The summed E-state index contributed by atoms with van der Waals surface area (Å²) in [7, 11) is 0. The zero-order chi connectivity index (χ0) is 14.7. The van der Waals surface area contributed by atoms with Gasteiger partial charge >= 0.3 is 0 Å². The number of carbonyl (C=O) groups excluding carboxylic acids is 1. The third kappa shape index (κ3) is 3.25. The van der Waals surface area contributed by atoms with E-state index in [0.717, 1.165) is 22.1 Å². The van der Waals surface area contributed by atoms with Gasteiger partial charge in [0.1, 0.15) is 5.82 Å². The summed E-state index contributed by atoms with van der Waals surface area (Å²) in [6, 6.07) is 5.76. The van der Waals surface area contributed by atoms with Crippen LogP contribution in [0.3, 0.4) is 0 Å². The maximum atomic E-state index is 12.1. The molecule has 1 heterocycles.